The second-order valence-electron chi connectivity index (χ2n) is 13.1. The van der Waals surface area contributed by atoms with Crippen molar-refractivity contribution < 1.29 is 14.3 Å². The van der Waals surface area contributed by atoms with Crippen LogP contribution < -0.4 is 4.90 Å². The van der Waals surface area contributed by atoms with E-state index in [9.17, 15) is 4.79 Å². The number of ether oxygens (including phenoxy) is 2. The number of rotatable bonds is 5. The first-order chi connectivity index (χ1) is 20.7. The molecule has 3 saturated heterocycles. The SMILES string of the molecule is CN(c1ccc(-c2ccc(-c3cnn(C4CCCCO4)c3)c3[nH]cnc23)nn1)C1C[C@H]2CC[C@@H](C1)N2C(=O)OC(C)(C)C. The van der Waals surface area contributed by atoms with Gasteiger partial charge in [-0.25, -0.2) is 14.5 Å². The van der Waals surface area contributed by atoms with E-state index in [-0.39, 0.29) is 30.4 Å². The van der Waals surface area contributed by atoms with Crippen molar-refractivity contribution in [3.05, 3.63) is 43.0 Å². The molecule has 3 aliphatic heterocycles. The van der Waals surface area contributed by atoms with Crippen LogP contribution in [0.4, 0.5) is 10.6 Å². The Hall–Kier alpha value is -3.99. The summed E-state index contributed by atoms with van der Waals surface area (Å²) in [5, 5.41) is 13.9. The average Bonchev–Trinajstić information content (AvgIpc) is 3.74. The van der Waals surface area contributed by atoms with Gasteiger partial charge >= 0.3 is 6.09 Å². The minimum atomic E-state index is -0.490. The van der Waals surface area contributed by atoms with Gasteiger partial charge in [-0.15, -0.1) is 10.2 Å². The number of carbonyl (C=O) groups is 1. The molecule has 0 spiro atoms. The number of amides is 1. The van der Waals surface area contributed by atoms with Crippen LogP contribution in [0.25, 0.3) is 33.4 Å². The van der Waals surface area contributed by atoms with Crippen LogP contribution in [0.5, 0.6) is 0 Å². The van der Waals surface area contributed by atoms with Crippen molar-refractivity contribution in [3.8, 4) is 22.4 Å². The molecular weight excluding hydrogens is 544 g/mol. The Bertz CT molecular complexity index is 1590. The molecule has 3 aliphatic rings. The van der Waals surface area contributed by atoms with E-state index in [1.165, 1.54) is 0 Å². The second kappa shape index (κ2) is 10.9. The number of aromatic nitrogens is 6. The fourth-order valence-corrected chi connectivity index (χ4v) is 6.97. The summed E-state index contributed by atoms with van der Waals surface area (Å²) in [5.74, 6) is 0.825. The Morgan fingerprint density at radius 2 is 1.84 bits per heavy atom. The lowest BCUT2D eigenvalue weighted by Gasteiger charge is -2.42. The van der Waals surface area contributed by atoms with Gasteiger partial charge in [-0.3, -0.25) is 0 Å². The van der Waals surface area contributed by atoms with Crippen LogP contribution >= 0.6 is 0 Å². The van der Waals surface area contributed by atoms with Gasteiger partial charge in [0.2, 0.25) is 0 Å². The fraction of sp³-hybridized carbons (Fsp3) is 0.531. The number of nitrogens with zero attached hydrogens (tertiary/aromatic N) is 7. The van der Waals surface area contributed by atoms with E-state index in [0.717, 1.165) is 90.8 Å². The smallest absolute Gasteiger partial charge is 0.410 e. The third-order valence-electron chi connectivity index (χ3n) is 9.09. The average molecular weight is 585 g/mol. The number of hydrogen-bond donors (Lipinski definition) is 1. The van der Waals surface area contributed by atoms with E-state index < -0.39 is 5.60 Å². The monoisotopic (exact) mass is 584 g/mol. The molecule has 11 nitrogen and oxygen atoms in total. The van der Waals surface area contributed by atoms with Gasteiger partial charge in [0.15, 0.2) is 5.82 Å². The maximum atomic E-state index is 12.9. The molecule has 1 amide bonds. The van der Waals surface area contributed by atoms with Gasteiger partial charge < -0.3 is 24.3 Å². The quantitative estimate of drug-likeness (QED) is 0.306. The van der Waals surface area contributed by atoms with Crippen molar-refractivity contribution in [1.29, 1.82) is 0 Å². The van der Waals surface area contributed by atoms with Crippen molar-refractivity contribution in [3.63, 3.8) is 0 Å². The Kier molecular flexibility index (Phi) is 7.07. The summed E-state index contributed by atoms with van der Waals surface area (Å²) in [6, 6.07) is 8.88. The number of anilines is 1. The number of carbonyl (C=O) groups excluding carboxylic acids is 1. The summed E-state index contributed by atoms with van der Waals surface area (Å²) < 4.78 is 13.6. The lowest BCUT2D eigenvalue weighted by Crippen LogP contribution is -2.53. The Labute approximate surface area is 251 Å². The van der Waals surface area contributed by atoms with Crippen LogP contribution in [0.1, 0.15) is 71.9 Å². The molecule has 3 fully saturated rings. The van der Waals surface area contributed by atoms with E-state index >= 15 is 0 Å². The third-order valence-corrected chi connectivity index (χ3v) is 9.09. The van der Waals surface area contributed by atoms with Crippen molar-refractivity contribution in [2.24, 2.45) is 0 Å². The predicted octanol–water partition coefficient (Wildman–Crippen LogP) is 5.95. The standard InChI is InChI=1S/C32H40N8O3/c1-32(2,3)43-31(41)40-21-8-9-22(40)16-23(15-21)38(4)27-13-12-26(36-37-27)25-11-10-24(29-30(25)34-19-33-29)20-17-35-39(18-20)28-7-5-6-14-42-28/h10-13,17-19,21-23,28H,5-9,14-16H2,1-4H3,(H,33,34)/t21-,22+,23?,28?. The maximum absolute atomic E-state index is 12.9. The molecule has 2 bridgehead atoms. The molecule has 4 aromatic rings. The molecule has 0 radical (unpaired) electrons. The van der Waals surface area contributed by atoms with Crippen molar-refractivity contribution in [2.45, 2.75) is 95.7 Å². The molecule has 1 aromatic carbocycles. The van der Waals surface area contributed by atoms with Gasteiger partial charge in [0.05, 0.1) is 29.3 Å². The molecule has 0 aliphatic carbocycles. The van der Waals surface area contributed by atoms with Crippen molar-refractivity contribution in [1.82, 2.24) is 34.8 Å². The summed E-state index contributed by atoms with van der Waals surface area (Å²) in [5.41, 5.74) is 5.05. The molecule has 1 N–H and O–H groups in total. The van der Waals surface area contributed by atoms with Crippen molar-refractivity contribution >= 4 is 22.9 Å². The summed E-state index contributed by atoms with van der Waals surface area (Å²) in [6.07, 6.45) is 12.6. The van der Waals surface area contributed by atoms with Crippen LogP contribution in [-0.2, 0) is 9.47 Å². The molecule has 4 atom stereocenters. The Morgan fingerprint density at radius 3 is 2.53 bits per heavy atom. The number of benzene rings is 1. The van der Waals surface area contributed by atoms with E-state index in [1.807, 2.05) is 48.7 Å². The molecule has 43 heavy (non-hydrogen) atoms. The summed E-state index contributed by atoms with van der Waals surface area (Å²) in [6.45, 7) is 6.54. The van der Waals surface area contributed by atoms with Gasteiger partial charge in [0.25, 0.3) is 0 Å². The number of hydrogen-bond acceptors (Lipinski definition) is 8. The molecule has 0 saturated carbocycles. The highest BCUT2D eigenvalue weighted by Gasteiger charge is 2.46. The zero-order valence-electron chi connectivity index (χ0n) is 25.4. The van der Waals surface area contributed by atoms with Gasteiger partial charge in [-0.2, -0.15) is 5.10 Å². The molecule has 226 valence electrons. The lowest BCUT2D eigenvalue weighted by atomic mass is 9.96. The largest absolute Gasteiger partial charge is 0.444 e. The molecular formula is C32H40N8O3. The highest BCUT2D eigenvalue weighted by Crippen LogP contribution is 2.39. The number of aromatic amines is 1. The number of piperidine rings is 1. The summed E-state index contributed by atoms with van der Waals surface area (Å²) >= 11 is 0. The van der Waals surface area contributed by atoms with E-state index in [2.05, 4.69) is 55.5 Å². The molecule has 7 rings (SSSR count). The molecule has 11 heteroatoms. The highest BCUT2D eigenvalue weighted by atomic mass is 16.6. The molecule has 3 aromatic heterocycles. The van der Waals surface area contributed by atoms with Crippen LogP contribution in [0, 0.1) is 0 Å². The minimum Gasteiger partial charge on any atom is -0.444 e. The Morgan fingerprint density at radius 1 is 1.05 bits per heavy atom. The van der Waals surface area contributed by atoms with Crippen LogP contribution in [0.15, 0.2) is 43.0 Å². The van der Waals surface area contributed by atoms with Crippen LogP contribution in [0.3, 0.4) is 0 Å². The molecule has 6 heterocycles. The lowest BCUT2D eigenvalue weighted by molar-refractivity contribution is -0.0394. The van der Waals surface area contributed by atoms with Gasteiger partial charge in [0.1, 0.15) is 11.8 Å². The zero-order valence-corrected chi connectivity index (χ0v) is 25.4. The van der Waals surface area contributed by atoms with Gasteiger partial charge in [-0.1, -0.05) is 6.07 Å². The second-order valence-corrected chi connectivity index (χ2v) is 13.1. The highest BCUT2D eigenvalue weighted by molar-refractivity contribution is 5.99. The predicted molar refractivity (Wildman–Crippen MR) is 163 cm³/mol. The number of nitrogens with one attached hydrogen (secondary N) is 1. The summed E-state index contributed by atoms with van der Waals surface area (Å²) in [7, 11) is 2.08. The van der Waals surface area contributed by atoms with Crippen LogP contribution in [0.2, 0.25) is 0 Å². The topological polar surface area (TPSA) is 114 Å². The van der Waals surface area contributed by atoms with E-state index in [1.54, 1.807) is 6.33 Å². The Balaban J connectivity index is 1.07. The maximum Gasteiger partial charge on any atom is 0.410 e. The molecule has 2 unspecified atom stereocenters. The first-order valence-electron chi connectivity index (χ1n) is 15.5. The first-order valence-corrected chi connectivity index (χ1v) is 15.5. The van der Waals surface area contributed by atoms with E-state index in [4.69, 9.17) is 9.47 Å². The van der Waals surface area contributed by atoms with Gasteiger partial charge in [0, 0.05) is 54.7 Å². The third kappa shape index (κ3) is 5.35. The van der Waals surface area contributed by atoms with Crippen LogP contribution in [-0.4, -0.2) is 78.3 Å². The fourth-order valence-electron chi connectivity index (χ4n) is 6.97. The number of H-pyrrole nitrogens is 1. The normalized spacial score (nSPS) is 24.0. The minimum absolute atomic E-state index is 0.00126. The van der Waals surface area contributed by atoms with Gasteiger partial charge in [-0.05, 0) is 83.9 Å². The summed E-state index contributed by atoms with van der Waals surface area (Å²) in [4.78, 5) is 25.1. The number of fused-ring (bicyclic) bond motifs is 3. The zero-order chi connectivity index (χ0) is 29.7. The number of imidazole rings is 1. The van der Waals surface area contributed by atoms with E-state index in [0.29, 0.717) is 0 Å². The van der Waals surface area contributed by atoms with Crippen molar-refractivity contribution in [2.75, 3.05) is 18.6 Å². The first kappa shape index (κ1) is 27.8.